The second-order valence-electron chi connectivity index (χ2n) is 7.26. The fourth-order valence-corrected chi connectivity index (χ4v) is 1.99. The van der Waals surface area contributed by atoms with E-state index < -0.39 is 0 Å². The Morgan fingerprint density at radius 2 is 1.65 bits per heavy atom. The monoisotopic (exact) mass is 267 g/mol. The van der Waals surface area contributed by atoms with Crippen molar-refractivity contribution >= 4 is 11.0 Å². The summed E-state index contributed by atoms with van der Waals surface area (Å²) in [6.45, 7) is 12.7. The van der Waals surface area contributed by atoms with Gasteiger partial charge in [-0.05, 0) is 23.1 Å². The molecule has 0 amide bonds. The SMILES string of the molecule is CC(C)(C)c1cc(C#N)c2nc(C(C)(C)C)cnc2c1. The van der Waals surface area contributed by atoms with Gasteiger partial charge in [0.25, 0.3) is 0 Å². The van der Waals surface area contributed by atoms with E-state index >= 15 is 0 Å². The van der Waals surface area contributed by atoms with Crippen LogP contribution in [0.1, 0.15) is 58.4 Å². The van der Waals surface area contributed by atoms with Crippen LogP contribution >= 0.6 is 0 Å². The standard InChI is InChI=1S/C17H21N3/c1-16(2,3)12-7-11(9-18)15-13(8-12)19-10-14(20-15)17(4,5)6/h7-8,10H,1-6H3. The third-order valence-electron chi connectivity index (χ3n) is 3.40. The minimum absolute atomic E-state index is 0.00975. The Balaban J connectivity index is 2.76. The first-order valence-corrected chi connectivity index (χ1v) is 6.85. The summed E-state index contributed by atoms with van der Waals surface area (Å²) < 4.78 is 0. The maximum absolute atomic E-state index is 9.40. The fourth-order valence-electron chi connectivity index (χ4n) is 1.99. The number of nitriles is 1. The van der Waals surface area contributed by atoms with Crippen molar-refractivity contribution in [2.45, 2.75) is 52.4 Å². The Morgan fingerprint density at radius 3 is 2.15 bits per heavy atom. The summed E-state index contributed by atoms with van der Waals surface area (Å²) in [5.74, 6) is 0. The molecule has 0 atom stereocenters. The van der Waals surface area contributed by atoms with Crippen LogP contribution in [0, 0.1) is 11.3 Å². The molecule has 0 aliphatic rings. The minimum Gasteiger partial charge on any atom is -0.253 e. The lowest BCUT2D eigenvalue weighted by atomic mass is 9.85. The van der Waals surface area contributed by atoms with Crippen LogP contribution in [-0.4, -0.2) is 9.97 Å². The van der Waals surface area contributed by atoms with Gasteiger partial charge in [-0.2, -0.15) is 5.26 Å². The molecule has 0 aliphatic heterocycles. The summed E-state index contributed by atoms with van der Waals surface area (Å²) in [5.41, 5.74) is 4.03. The maximum atomic E-state index is 9.40. The molecule has 0 fully saturated rings. The Bertz CT molecular complexity index is 695. The summed E-state index contributed by atoms with van der Waals surface area (Å²) in [5, 5.41) is 9.40. The molecule has 0 bridgehead atoms. The van der Waals surface area contributed by atoms with E-state index in [2.05, 4.69) is 57.6 Å². The minimum atomic E-state index is -0.0728. The number of nitrogens with zero attached hydrogens (tertiary/aromatic N) is 3. The van der Waals surface area contributed by atoms with E-state index in [1.165, 1.54) is 0 Å². The van der Waals surface area contributed by atoms with Gasteiger partial charge in [0.2, 0.25) is 0 Å². The molecule has 1 heterocycles. The number of rotatable bonds is 0. The Morgan fingerprint density at radius 1 is 1.00 bits per heavy atom. The molecule has 0 N–H and O–H groups in total. The first-order chi connectivity index (χ1) is 9.13. The van der Waals surface area contributed by atoms with Crippen molar-refractivity contribution in [1.29, 1.82) is 5.26 Å². The van der Waals surface area contributed by atoms with Crippen molar-refractivity contribution in [2.24, 2.45) is 0 Å². The van der Waals surface area contributed by atoms with Crippen LogP contribution in [0.2, 0.25) is 0 Å². The highest BCUT2D eigenvalue weighted by atomic mass is 14.8. The lowest BCUT2D eigenvalue weighted by Gasteiger charge is -2.21. The largest absolute Gasteiger partial charge is 0.253 e. The van der Waals surface area contributed by atoms with Crippen LogP contribution in [0.4, 0.5) is 0 Å². The predicted octanol–water partition coefficient (Wildman–Crippen LogP) is 4.10. The normalized spacial score (nSPS) is 12.4. The second kappa shape index (κ2) is 4.56. The van der Waals surface area contributed by atoms with Gasteiger partial charge in [-0.1, -0.05) is 41.5 Å². The molecule has 1 aromatic heterocycles. The lowest BCUT2D eigenvalue weighted by Crippen LogP contribution is -2.15. The Labute approximate surface area is 120 Å². The lowest BCUT2D eigenvalue weighted by molar-refractivity contribution is 0.568. The zero-order valence-corrected chi connectivity index (χ0v) is 13.1. The third-order valence-corrected chi connectivity index (χ3v) is 3.40. The summed E-state index contributed by atoms with van der Waals surface area (Å²) in [6, 6.07) is 6.23. The van der Waals surface area contributed by atoms with Gasteiger partial charge in [-0.15, -0.1) is 0 Å². The van der Waals surface area contributed by atoms with E-state index in [9.17, 15) is 5.26 Å². The van der Waals surface area contributed by atoms with Crippen molar-refractivity contribution in [1.82, 2.24) is 9.97 Å². The van der Waals surface area contributed by atoms with Gasteiger partial charge in [-0.3, -0.25) is 4.98 Å². The van der Waals surface area contributed by atoms with Crippen molar-refractivity contribution in [3.8, 4) is 6.07 Å². The molecule has 0 saturated heterocycles. The molecule has 0 spiro atoms. The first-order valence-electron chi connectivity index (χ1n) is 6.85. The third kappa shape index (κ3) is 2.65. The average Bonchev–Trinajstić information content (AvgIpc) is 2.34. The maximum Gasteiger partial charge on any atom is 0.107 e. The number of aromatic nitrogens is 2. The summed E-state index contributed by atoms with van der Waals surface area (Å²) in [7, 11) is 0. The molecule has 2 aromatic rings. The molecule has 0 saturated carbocycles. The van der Waals surface area contributed by atoms with E-state index in [4.69, 9.17) is 0 Å². The molecule has 2 rings (SSSR count). The molecule has 0 unspecified atom stereocenters. The number of hydrogen-bond acceptors (Lipinski definition) is 3. The molecule has 3 heteroatoms. The summed E-state index contributed by atoms with van der Waals surface area (Å²) in [6.07, 6.45) is 1.82. The van der Waals surface area contributed by atoms with E-state index in [-0.39, 0.29) is 10.8 Å². The molecular formula is C17H21N3. The highest BCUT2D eigenvalue weighted by Gasteiger charge is 2.20. The van der Waals surface area contributed by atoms with Gasteiger partial charge in [0.15, 0.2) is 0 Å². The predicted molar refractivity (Wildman–Crippen MR) is 81.7 cm³/mol. The fraction of sp³-hybridized carbons (Fsp3) is 0.471. The van der Waals surface area contributed by atoms with Crippen molar-refractivity contribution in [2.75, 3.05) is 0 Å². The van der Waals surface area contributed by atoms with Crippen LogP contribution in [0.25, 0.3) is 11.0 Å². The molecular weight excluding hydrogens is 246 g/mol. The van der Waals surface area contributed by atoms with Crippen molar-refractivity contribution in [3.05, 3.63) is 35.2 Å². The Hall–Kier alpha value is -1.95. The van der Waals surface area contributed by atoms with Crippen LogP contribution in [0.15, 0.2) is 18.3 Å². The Kier molecular flexibility index (Phi) is 3.29. The van der Waals surface area contributed by atoms with E-state index in [1.54, 1.807) is 0 Å². The van der Waals surface area contributed by atoms with Gasteiger partial charge in [0, 0.05) is 11.6 Å². The van der Waals surface area contributed by atoms with E-state index in [1.807, 2.05) is 18.3 Å². The molecule has 20 heavy (non-hydrogen) atoms. The number of benzene rings is 1. The van der Waals surface area contributed by atoms with Crippen LogP contribution in [0.5, 0.6) is 0 Å². The zero-order valence-electron chi connectivity index (χ0n) is 13.1. The number of fused-ring (bicyclic) bond motifs is 1. The summed E-state index contributed by atoms with van der Waals surface area (Å²) in [4.78, 5) is 9.17. The zero-order chi connectivity index (χ0) is 15.1. The van der Waals surface area contributed by atoms with Gasteiger partial charge in [-0.25, -0.2) is 4.98 Å². The molecule has 0 radical (unpaired) electrons. The molecule has 0 aliphatic carbocycles. The van der Waals surface area contributed by atoms with Gasteiger partial charge in [0.05, 0.1) is 16.8 Å². The smallest absolute Gasteiger partial charge is 0.107 e. The van der Waals surface area contributed by atoms with E-state index in [0.29, 0.717) is 11.1 Å². The molecule has 104 valence electrons. The molecule has 3 nitrogen and oxygen atoms in total. The van der Waals surface area contributed by atoms with Crippen LogP contribution < -0.4 is 0 Å². The summed E-state index contributed by atoms with van der Waals surface area (Å²) >= 11 is 0. The van der Waals surface area contributed by atoms with E-state index in [0.717, 1.165) is 16.8 Å². The average molecular weight is 267 g/mol. The van der Waals surface area contributed by atoms with Crippen molar-refractivity contribution < 1.29 is 0 Å². The second-order valence-corrected chi connectivity index (χ2v) is 7.26. The highest BCUT2D eigenvalue weighted by Crippen LogP contribution is 2.28. The van der Waals surface area contributed by atoms with Gasteiger partial charge >= 0.3 is 0 Å². The quantitative estimate of drug-likeness (QED) is 0.722. The molecule has 1 aromatic carbocycles. The topological polar surface area (TPSA) is 49.6 Å². The van der Waals surface area contributed by atoms with Gasteiger partial charge < -0.3 is 0 Å². The van der Waals surface area contributed by atoms with Gasteiger partial charge in [0.1, 0.15) is 11.6 Å². The van der Waals surface area contributed by atoms with Crippen molar-refractivity contribution in [3.63, 3.8) is 0 Å². The highest BCUT2D eigenvalue weighted by molar-refractivity contribution is 5.82. The first kappa shape index (κ1) is 14.5. The number of hydrogen-bond donors (Lipinski definition) is 0. The van der Waals surface area contributed by atoms with Crippen LogP contribution in [0.3, 0.4) is 0 Å². The van der Waals surface area contributed by atoms with Crippen LogP contribution in [-0.2, 0) is 10.8 Å².